The lowest BCUT2D eigenvalue weighted by Gasteiger charge is -2.08. The minimum absolute atomic E-state index is 0.000621. The van der Waals surface area contributed by atoms with Crippen molar-refractivity contribution < 1.29 is 19.5 Å². The van der Waals surface area contributed by atoms with E-state index in [1.807, 2.05) is 0 Å². The van der Waals surface area contributed by atoms with Crippen LogP contribution in [-0.2, 0) is 14.4 Å². The molecule has 0 aromatic heterocycles. The molecule has 0 bridgehead atoms. The van der Waals surface area contributed by atoms with Crippen LogP contribution in [0.2, 0.25) is 0 Å². The summed E-state index contributed by atoms with van der Waals surface area (Å²) in [5.41, 5.74) is 1.30. The summed E-state index contributed by atoms with van der Waals surface area (Å²) in [5.74, 6) is -1.69. The van der Waals surface area contributed by atoms with E-state index >= 15 is 0 Å². The van der Waals surface area contributed by atoms with E-state index in [9.17, 15) is 14.4 Å². The molecule has 0 heterocycles. The second-order valence-electron chi connectivity index (χ2n) is 4.49. The Kier molecular flexibility index (Phi) is 5.66. The Morgan fingerprint density at radius 2 is 1.43 bits per heavy atom. The number of aliphatic carboxylic acids is 1. The summed E-state index contributed by atoms with van der Waals surface area (Å²) in [7, 11) is 0. The Bertz CT molecular complexity index is 588. The van der Waals surface area contributed by atoms with Crippen molar-refractivity contribution in [3.63, 3.8) is 0 Å². The Morgan fingerprint density at radius 1 is 0.952 bits per heavy atom. The molecule has 0 aliphatic rings. The number of hydrogen-bond donors (Lipinski definition) is 3. The molecule has 2 amide bonds. The SMILES string of the molecule is CCC(=O)Nc1ccc(NC(=O)C(C)=C(C)C(=O)O)cc1. The van der Waals surface area contributed by atoms with Crippen molar-refractivity contribution in [2.24, 2.45) is 0 Å². The van der Waals surface area contributed by atoms with E-state index in [1.54, 1.807) is 31.2 Å². The number of carboxylic acid groups (broad SMARTS) is 1. The first kappa shape index (κ1) is 16.4. The minimum Gasteiger partial charge on any atom is -0.478 e. The van der Waals surface area contributed by atoms with E-state index < -0.39 is 11.9 Å². The van der Waals surface area contributed by atoms with Crippen LogP contribution in [0, 0.1) is 0 Å². The van der Waals surface area contributed by atoms with Gasteiger partial charge in [0.15, 0.2) is 0 Å². The van der Waals surface area contributed by atoms with Gasteiger partial charge in [0.2, 0.25) is 5.91 Å². The molecule has 1 aromatic carbocycles. The van der Waals surface area contributed by atoms with Gasteiger partial charge in [-0.05, 0) is 38.1 Å². The molecule has 0 unspecified atom stereocenters. The van der Waals surface area contributed by atoms with Crippen molar-refractivity contribution in [3.05, 3.63) is 35.4 Å². The molecular weight excluding hydrogens is 272 g/mol. The minimum atomic E-state index is -1.12. The van der Waals surface area contributed by atoms with Crippen molar-refractivity contribution in [3.8, 4) is 0 Å². The summed E-state index contributed by atoms with van der Waals surface area (Å²) in [5, 5.41) is 14.1. The molecular formula is C15H18N2O4. The molecule has 21 heavy (non-hydrogen) atoms. The third kappa shape index (κ3) is 4.76. The smallest absolute Gasteiger partial charge is 0.331 e. The lowest BCUT2D eigenvalue weighted by atomic mass is 10.1. The van der Waals surface area contributed by atoms with E-state index in [4.69, 9.17) is 5.11 Å². The van der Waals surface area contributed by atoms with E-state index in [0.717, 1.165) is 0 Å². The van der Waals surface area contributed by atoms with Gasteiger partial charge in [0.05, 0.1) is 0 Å². The van der Waals surface area contributed by atoms with Crippen LogP contribution in [-0.4, -0.2) is 22.9 Å². The number of carbonyl (C=O) groups is 3. The number of anilines is 2. The molecule has 6 nitrogen and oxygen atoms in total. The van der Waals surface area contributed by atoms with Gasteiger partial charge in [-0.3, -0.25) is 9.59 Å². The van der Waals surface area contributed by atoms with Gasteiger partial charge in [-0.1, -0.05) is 6.92 Å². The maximum Gasteiger partial charge on any atom is 0.331 e. The molecule has 0 saturated carbocycles. The quantitative estimate of drug-likeness (QED) is 0.725. The summed E-state index contributed by atoms with van der Waals surface area (Å²) >= 11 is 0. The molecule has 112 valence electrons. The highest BCUT2D eigenvalue weighted by Crippen LogP contribution is 2.15. The highest BCUT2D eigenvalue weighted by atomic mass is 16.4. The predicted octanol–water partition coefficient (Wildman–Crippen LogP) is 2.39. The van der Waals surface area contributed by atoms with E-state index in [-0.39, 0.29) is 17.1 Å². The van der Waals surface area contributed by atoms with Crippen LogP contribution in [0.25, 0.3) is 0 Å². The summed E-state index contributed by atoms with van der Waals surface area (Å²) < 4.78 is 0. The van der Waals surface area contributed by atoms with Crippen LogP contribution >= 0.6 is 0 Å². The van der Waals surface area contributed by atoms with Gasteiger partial charge >= 0.3 is 5.97 Å². The normalized spacial score (nSPS) is 11.4. The molecule has 0 atom stereocenters. The van der Waals surface area contributed by atoms with Gasteiger partial charge in [0.1, 0.15) is 0 Å². The topological polar surface area (TPSA) is 95.5 Å². The summed E-state index contributed by atoms with van der Waals surface area (Å²) in [4.78, 5) is 33.9. The molecule has 0 spiro atoms. The van der Waals surface area contributed by atoms with Gasteiger partial charge in [-0.25, -0.2) is 4.79 Å². The Balaban J connectivity index is 2.76. The summed E-state index contributed by atoms with van der Waals surface area (Å²) in [6.07, 6.45) is 0.386. The lowest BCUT2D eigenvalue weighted by Crippen LogP contribution is -2.16. The van der Waals surface area contributed by atoms with Crippen LogP contribution < -0.4 is 10.6 Å². The number of carboxylic acids is 1. The van der Waals surface area contributed by atoms with Gasteiger partial charge in [-0.2, -0.15) is 0 Å². The molecule has 0 radical (unpaired) electrons. The number of nitrogens with one attached hydrogen (secondary N) is 2. The van der Waals surface area contributed by atoms with E-state index in [2.05, 4.69) is 10.6 Å². The first-order valence-corrected chi connectivity index (χ1v) is 6.47. The average Bonchev–Trinajstić information content (AvgIpc) is 2.47. The summed E-state index contributed by atoms with van der Waals surface area (Å²) in [6, 6.07) is 6.58. The van der Waals surface area contributed by atoms with Gasteiger partial charge in [0, 0.05) is 28.9 Å². The van der Waals surface area contributed by atoms with Crippen LogP contribution in [0.3, 0.4) is 0 Å². The van der Waals surface area contributed by atoms with Crippen molar-refractivity contribution in [1.82, 2.24) is 0 Å². The van der Waals surface area contributed by atoms with Gasteiger partial charge in [0.25, 0.3) is 5.91 Å². The van der Waals surface area contributed by atoms with Crippen molar-refractivity contribution in [2.45, 2.75) is 27.2 Å². The van der Waals surface area contributed by atoms with Gasteiger partial charge in [-0.15, -0.1) is 0 Å². The Labute approximate surface area is 122 Å². The number of rotatable bonds is 5. The average molecular weight is 290 g/mol. The van der Waals surface area contributed by atoms with E-state index in [1.165, 1.54) is 13.8 Å². The molecule has 0 fully saturated rings. The molecule has 6 heteroatoms. The first-order chi connectivity index (χ1) is 9.85. The zero-order chi connectivity index (χ0) is 16.0. The fraction of sp³-hybridized carbons (Fsp3) is 0.267. The molecule has 1 rings (SSSR count). The Morgan fingerprint density at radius 3 is 1.86 bits per heavy atom. The number of carbonyl (C=O) groups excluding carboxylic acids is 2. The molecule has 1 aromatic rings. The van der Waals surface area contributed by atoms with Crippen LogP contribution in [0.15, 0.2) is 35.4 Å². The fourth-order valence-electron chi connectivity index (χ4n) is 1.44. The molecule has 0 saturated heterocycles. The monoisotopic (exact) mass is 290 g/mol. The van der Waals surface area contributed by atoms with Crippen molar-refractivity contribution >= 4 is 29.2 Å². The molecule has 3 N–H and O–H groups in total. The predicted molar refractivity (Wildman–Crippen MR) is 80.0 cm³/mol. The first-order valence-electron chi connectivity index (χ1n) is 6.47. The lowest BCUT2D eigenvalue weighted by molar-refractivity contribution is -0.133. The van der Waals surface area contributed by atoms with Gasteiger partial charge < -0.3 is 15.7 Å². The van der Waals surface area contributed by atoms with Crippen LogP contribution in [0.4, 0.5) is 11.4 Å². The van der Waals surface area contributed by atoms with Crippen molar-refractivity contribution in [2.75, 3.05) is 10.6 Å². The standard InChI is InChI=1S/C15H18N2O4/c1-4-13(18)16-11-5-7-12(8-6-11)17-14(19)9(2)10(3)15(20)21/h5-8H,4H2,1-3H3,(H,16,18)(H,17,19)(H,20,21). The maximum absolute atomic E-state index is 11.9. The number of amides is 2. The number of benzene rings is 1. The second-order valence-corrected chi connectivity index (χ2v) is 4.49. The van der Waals surface area contributed by atoms with Crippen molar-refractivity contribution in [1.29, 1.82) is 0 Å². The van der Waals surface area contributed by atoms with Crippen LogP contribution in [0.1, 0.15) is 27.2 Å². The third-order valence-corrected chi connectivity index (χ3v) is 2.97. The maximum atomic E-state index is 11.9. The zero-order valence-electron chi connectivity index (χ0n) is 12.2. The molecule has 0 aliphatic heterocycles. The van der Waals surface area contributed by atoms with E-state index in [0.29, 0.717) is 17.8 Å². The summed E-state index contributed by atoms with van der Waals surface area (Å²) in [6.45, 7) is 4.58. The number of hydrogen-bond acceptors (Lipinski definition) is 3. The zero-order valence-corrected chi connectivity index (χ0v) is 12.2. The Hall–Kier alpha value is -2.63. The fourth-order valence-corrected chi connectivity index (χ4v) is 1.44. The highest BCUT2D eigenvalue weighted by molar-refractivity contribution is 6.08. The highest BCUT2D eigenvalue weighted by Gasteiger charge is 2.12. The third-order valence-electron chi connectivity index (χ3n) is 2.97. The van der Waals surface area contributed by atoms with Crippen LogP contribution in [0.5, 0.6) is 0 Å². The second kappa shape index (κ2) is 7.23. The largest absolute Gasteiger partial charge is 0.478 e. The molecule has 0 aliphatic carbocycles.